The van der Waals surface area contributed by atoms with E-state index in [0.717, 1.165) is 13.0 Å². The number of nitrogens with zero attached hydrogens (tertiary/aromatic N) is 1. The fraction of sp³-hybridized carbons (Fsp3) is 1.00. The Bertz CT molecular complexity index is 37.1. The number of aliphatic hydroxyl groups is 1. The number of rotatable bonds is 3. The van der Waals surface area contributed by atoms with Crippen LogP contribution >= 0.6 is 0 Å². The Hall–Kier alpha value is -0.0800. The van der Waals surface area contributed by atoms with Gasteiger partial charge in [0.05, 0.1) is 0 Å². The van der Waals surface area contributed by atoms with Gasteiger partial charge in [0.15, 0.2) is 0 Å². The van der Waals surface area contributed by atoms with Crippen molar-refractivity contribution in [2.45, 2.75) is 6.42 Å². The van der Waals surface area contributed by atoms with Gasteiger partial charge in [-0.1, -0.05) is 0 Å². The molecule has 1 radical (unpaired) electrons. The smallest absolute Gasteiger partial charge is 0.124 e. The van der Waals surface area contributed by atoms with Gasteiger partial charge in [-0.25, -0.2) is 0 Å². The molecule has 0 spiro atoms. The van der Waals surface area contributed by atoms with Gasteiger partial charge in [0, 0.05) is 13.0 Å². The maximum Gasteiger partial charge on any atom is 0.124 e. The molecule has 0 aromatic carbocycles. The molecular formula is C5H13NO+. The van der Waals surface area contributed by atoms with Gasteiger partial charge in [0.2, 0.25) is 0 Å². The van der Waals surface area contributed by atoms with Crippen LogP contribution in [0.15, 0.2) is 0 Å². The van der Waals surface area contributed by atoms with Crippen LogP contribution in [-0.2, 0) is 0 Å². The van der Waals surface area contributed by atoms with Gasteiger partial charge >= 0.3 is 0 Å². The van der Waals surface area contributed by atoms with Crippen LogP contribution in [0.5, 0.6) is 0 Å². The van der Waals surface area contributed by atoms with Gasteiger partial charge in [-0.2, -0.15) is 4.90 Å². The van der Waals surface area contributed by atoms with Crippen LogP contribution in [0.1, 0.15) is 6.42 Å². The van der Waals surface area contributed by atoms with E-state index in [-0.39, 0.29) is 0 Å². The molecule has 0 saturated carbocycles. The van der Waals surface area contributed by atoms with E-state index >= 15 is 0 Å². The molecule has 2 heteroatoms. The Morgan fingerprint density at radius 3 is 2.14 bits per heavy atom. The van der Waals surface area contributed by atoms with Crippen molar-refractivity contribution < 1.29 is 5.11 Å². The topological polar surface area (TPSA) is 26.1 Å². The molecule has 2 nitrogen and oxygen atoms in total. The molecule has 0 bridgehead atoms. The van der Waals surface area contributed by atoms with Crippen molar-refractivity contribution in [2.24, 2.45) is 0 Å². The van der Waals surface area contributed by atoms with Crippen LogP contribution in [0.4, 0.5) is 0 Å². The van der Waals surface area contributed by atoms with Crippen molar-refractivity contribution in [2.75, 3.05) is 27.2 Å². The molecule has 0 atom stereocenters. The van der Waals surface area contributed by atoms with E-state index in [1.807, 2.05) is 14.1 Å². The molecule has 1 N–H and O–H groups in total. The van der Waals surface area contributed by atoms with Crippen molar-refractivity contribution in [3.63, 3.8) is 0 Å². The molecule has 0 amide bonds. The number of hydrogen-bond acceptors (Lipinski definition) is 2. The minimum Gasteiger partial charge on any atom is -0.396 e. The summed E-state index contributed by atoms with van der Waals surface area (Å²) in [6, 6.07) is 0. The largest absolute Gasteiger partial charge is 0.396 e. The Morgan fingerprint density at radius 2 is 2.00 bits per heavy atom. The van der Waals surface area contributed by atoms with Crippen molar-refractivity contribution in [1.82, 2.24) is 4.90 Å². The average Bonchev–Trinajstić information content (AvgIpc) is 1.61. The molecule has 0 aromatic rings. The summed E-state index contributed by atoms with van der Waals surface area (Å²) in [5.74, 6) is 0. The second kappa shape index (κ2) is 4.09. The maximum absolute atomic E-state index is 8.29. The molecule has 0 heterocycles. The third-order valence-electron chi connectivity index (χ3n) is 0.763. The van der Waals surface area contributed by atoms with Crippen LogP contribution in [-0.4, -0.2) is 32.4 Å². The average molecular weight is 103 g/mol. The van der Waals surface area contributed by atoms with Gasteiger partial charge in [-0.15, -0.1) is 0 Å². The van der Waals surface area contributed by atoms with E-state index in [1.54, 1.807) is 0 Å². The predicted molar refractivity (Wildman–Crippen MR) is 30.6 cm³/mol. The molecule has 0 aliphatic carbocycles. The van der Waals surface area contributed by atoms with E-state index in [1.165, 1.54) is 0 Å². The zero-order chi connectivity index (χ0) is 5.70. The highest BCUT2D eigenvalue weighted by Gasteiger charge is 1.94. The summed E-state index contributed by atoms with van der Waals surface area (Å²) in [5, 5.41) is 8.29. The third kappa shape index (κ3) is 5.92. The summed E-state index contributed by atoms with van der Waals surface area (Å²) in [6.07, 6.45) is 0.882. The molecule has 0 aliphatic rings. The Balaban J connectivity index is 2.68. The minimum atomic E-state index is 0.304. The highest BCUT2D eigenvalue weighted by Crippen LogP contribution is 1.74. The second-order valence-electron chi connectivity index (χ2n) is 1.88. The lowest BCUT2D eigenvalue weighted by molar-refractivity contribution is 0.279. The van der Waals surface area contributed by atoms with Gasteiger partial charge in [-0.3, -0.25) is 0 Å². The second-order valence-corrected chi connectivity index (χ2v) is 1.88. The van der Waals surface area contributed by atoms with Crippen LogP contribution < -0.4 is 4.90 Å². The Labute approximate surface area is 44.8 Å². The van der Waals surface area contributed by atoms with Crippen molar-refractivity contribution in [1.29, 1.82) is 0 Å². The highest BCUT2D eigenvalue weighted by molar-refractivity contribution is 4.45. The summed E-state index contributed by atoms with van der Waals surface area (Å²) in [7, 11) is 3.99. The molecule has 7 heavy (non-hydrogen) atoms. The van der Waals surface area contributed by atoms with Crippen molar-refractivity contribution in [3.8, 4) is 0 Å². The molecule has 0 unspecified atom stereocenters. The highest BCUT2D eigenvalue weighted by atomic mass is 16.3. The monoisotopic (exact) mass is 103 g/mol. The lowest BCUT2D eigenvalue weighted by Gasteiger charge is -1.94. The molecule has 0 aromatic heterocycles. The van der Waals surface area contributed by atoms with Crippen molar-refractivity contribution in [3.05, 3.63) is 0 Å². The predicted octanol–water partition coefficient (Wildman–Crippen LogP) is -0.231. The normalized spacial score (nSPS) is 10.3. The Morgan fingerprint density at radius 1 is 1.43 bits per heavy atom. The van der Waals surface area contributed by atoms with E-state index in [4.69, 9.17) is 5.11 Å². The quantitative estimate of drug-likeness (QED) is 0.490. The van der Waals surface area contributed by atoms with Crippen LogP contribution in [0, 0.1) is 0 Å². The molecule has 0 saturated heterocycles. The summed E-state index contributed by atoms with van der Waals surface area (Å²) in [4.78, 5) is 2.05. The van der Waals surface area contributed by atoms with Crippen LogP contribution in [0.2, 0.25) is 0 Å². The van der Waals surface area contributed by atoms with Gasteiger partial charge < -0.3 is 5.11 Å². The van der Waals surface area contributed by atoms with Gasteiger partial charge in [0.25, 0.3) is 0 Å². The number of aliphatic hydroxyl groups excluding tert-OH is 1. The molecule has 0 fully saturated rings. The molecule has 0 rings (SSSR count). The summed E-state index contributed by atoms with van der Waals surface area (Å²) in [5.41, 5.74) is 0. The lowest BCUT2D eigenvalue weighted by atomic mass is 10.4. The summed E-state index contributed by atoms with van der Waals surface area (Å²) >= 11 is 0. The Kier molecular flexibility index (Phi) is 4.04. The molecular weight excluding hydrogens is 90.1 g/mol. The van der Waals surface area contributed by atoms with E-state index in [2.05, 4.69) is 4.90 Å². The van der Waals surface area contributed by atoms with Gasteiger partial charge in [0.1, 0.15) is 20.6 Å². The maximum atomic E-state index is 8.29. The number of hydrogen-bond donors (Lipinski definition) is 1. The zero-order valence-electron chi connectivity index (χ0n) is 5.02. The summed E-state index contributed by atoms with van der Waals surface area (Å²) < 4.78 is 0. The third-order valence-corrected chi connectivity index (χ3v) is 0.763. The lowest BCUT2D eigenvalue weighted by Crippen LogP contribution is -2.20. The first kappa shape index (κ1) is 6.92. The first-order chi connectivity index (χ1) is 3.27. The molecule has 43 valence electrons. The summed E-state index contributed by atoms with van der Waals surface area (Å²) in [6.45, 7) is 1.29. The van der Waals surface area contributed by atoms with E-state index in [9.17, 15) is 0 Å². The standard InChI is InChI=1S/C5H13NO/c1-6(2)4-3-5-7/h7H,3-5H2,1-2H3/q+1. The van der Waals surface area contributed by atoms with E-state index in [0.29, 0.717) is 6.61 Å². The SMILES string of the molecule is C[N+](C)CCCO. The van der Waals surface area contributed by atoms with Crippen molar-refractivity contribution >= 4 is 0 Å². The first-order valence-electron chi connectivity index (χ1n) is 2.53. The minimum absolute atomic E-state index is 0.304. The zero-order valence-corrected chi connectivity index (χ0v) is 5.02. The van der Waals surface area contributed by atoms with Crippen LogP contribution in [0.3, 0.4) is 0 Å². The fourth-order valence-corrected chi connectivity index (χ4v) is 0.387. The molecule has 0 aliphatic heterocycles. The van der Waals surface area contributed by atoms with Gasteiger partial charge in [-0.05, 0) is 0 Å². The van der Waals surface area contributed by atoms with Crippen LogP contribution in [0.25, 0.3) is 0 Å². The first-order valence-corrected chi connectivity index (χ1v) is 2.53. The van der Waals surface area contributed by atoms with E-state index < -0.39 is 0 Å². The fourth-order valence-electron chi connectivity index (χ4n) is 0.387.